The lowest BCUT2D eigenvalue weighted by molar-refractivity contribution is 0.0733. The van der Waals surface area contributed by atoms with E-state index in [0.29, 0.717) is 22.6 Å². The largest absolute Gasteiger partial charge is 0.452 e. The average Bonchev–Trinajstić information content (AvgIpc) is 3.24. The van der Waals surface area contributed by atoms with Crippen LogP contribution < -0.4 is 9.47 Å². The Labute approximate surface area is 154 Å². The summed E-state index contributed by atoms with van der Waals surface area (Å²) in [4.78, 5) is 25.7. The van der Waals surface area contributed by atoms with E-state index in [-0.39, 0.29) is 11.5 Å². The maximum Gasteiger partial charge on any atom is 0.343 e. The Morgan fingerprint density at radius 1 is 1.12 bits per heavy atom. The molecule has 2 heterocycles. The summed E-state index contributed by atoms with van der Waals surface area (Å²) in [7, 11) is 0. The second kappa shape index (κ2) is 6.61. The fraction of sp³-hybridized carbons (Fsp3) is 0.0476. The highest BCUT2D eigenvalue weighted by Crippen LogP contribution is 2.35. The van der Waals surface area contributed by atoms with Gasteiger partial charge < -0.3 is 9.47 Å². The zero-order chi connectivity index (χ0) is 18.1. The highest BCUT2D eigenvalue weighted by Gasteiger charge is 2.28. The number of benzene rings is 2. The van der Waals surface area contributed by atoms with E-state index in [1.165, 1.54) is 11.3 Å². The third-order valence-electron chi connectivity index (χ3n) is 4.03. The van der Waals surface area contributed by atoms with Crippen molar-refractivity contribution in [1.29, 1.82) is 0 Å². The maximum absolute atomic E-state index is 12.4. The standard InChI is InChI=1S/C21H14O4S/c1-13-5-2-3-7-16(13)21(23)24-14-8-9-17-18(11-14)25-19(20(17)22)12-15-6-4-10-26-15/h2-12H,1H3/b19-12-. The number of hydrogen-bond acceptors (Lipinski definition) is 5. The number of allylic oxidation sites excluding steroid dienone is 1. The lowest BCUT2D eigenvalue weighted by Crippen LogP contribution is -2.10. The average molecular weight is 362 g/mol. The molecule has 1 aromatic heterocycles. The van der Waals surface area contributed by atoms with Gasteiger partial charge in [-0.1, -0.05) is 24.3 Å². The molecule has 4 rings (SSSR count). The summed E-state index contributed by atoms with van der Waals surface area (Å²) >= 11 is 1.52. The Bertz CT molecular complexity index is 1030. The Morgan fingerprint density at radius 2 is 1.96 bits per heavy atom. The Morgan fingerprint density at radius 3 is 2.73 bits per heavy atom. The molecule has 3 aromatic rings. The first-order valence-corrected chi connectivity index (χ1v) is 8.89. The molecule has 1 aliphatic rings. The molecule has 0 unspecified atom stereocenters. The van der Waals surface area contributed by atoms with E-state index in [1.54, 1.807) is 36.4 Å². The summed E-state index contributed by atoms with van der Waals surface area (Å²) in [5.41, 5.74) is 1.80. The number of hydrogen-bond donors (Lipinski definition) is 0. The molecule has 5 heteroatoms. The number of carbonyl (C=O) groups is 2. The minimum Gasteiger partial charge on any atom is -0.452 e. The van der Waals surface area contributed by atoms with Crippen LogP contribution in [0.25, 0.3) is 6.08 Å². The quantitative estimate of drug-likeness (QED) is 0.378. The minimum absolute atomic E-state index is 0.176. The van der Waals surface area contributed by atoms with Crippen molar-refractivity contribution in [3.05, 3.63) is 87.3 Å². The summed E-state index contributed by atoms with van der Waals surface area (Å²) in [5.74, 6) is 0.381. The van der Waals surface area contributed by atoms with Gasteiger partial charge in [-0.05, 0) is 42.1 Å². The van der Waals surface area contributed by atoms with Crippen LogP contribution in [0.5, 0.6) is 11.5 Å². The molecule has 0 bridgehead atoms. The second-order valence-electron chi connectivity index (χ2n) is 5.82. The van der Waals surface area contributed by atoms with Gasteiger partial charge in [0.2, 0.25) is 5.78 Å². The monoisotopic (exact) mass is 362 g/mol. The topological polar surface area (TPSA) is 52.6 Å². The Balaban J connectivity index is 1.57. The number of carbonyl (C=O) groups excluding carboxylic acids is 2. The van der Waals surface area contributed by atoms with Crippen LogP contribution >= 0.6 is 11.3 Å². The third-order valence-corrected chi connectivity index (χ3v) is 4.85. The van der Waals surface area contributed by atoms with Gasteiger partial charge in [-0.3, -0.25) is 4.79 Å². The van der Waals surface area contributed by atoms with E-state index >= 15 is 0 Å². The molecule has 128 valence electrons. The zero-order valence-corrected chi connectivity index (χ0v) is 14.7. The number of aryl methyl sites for hydroxylation is 1. The Hall–Kier alpha value is -3.18. The third kappa shape index (κ3) is 3.05. The van der Waals surface area contributed by atoms with Crippen LogP contribution in [0.2, 0.25) is 0 Å². The van der Waals surface area contributed by atoms with Crippen LogP contribution in [0.4, 0.5) is 0 Å². The maximum atomic E-state index is 12.4. The van der Waals surface area contributed by atoms with Crippen LogP contribution in [0.3, 0.4) is 0 Å². The summed E-state index contributed by atoms with van der Waals surface area (Å²) < 4.78 is 11.1. The van der Waals surface area contributed by atoms with Gasteiger partial charge in [0.25, 0.3) is 0 Å². The Kier molecular flexibility index (Phi) is 4.14. The van der Waals surface area contributed by atoms with Gasteiger partial charge >= 0.3 is 5.97 Å². The minimum atomic E-state index is -0.443. The number of Topliss-reactive ketones (excluding diaryl/α,β-unsaturated/α-hetero) is 1. The van der Waals surface area contributed by atoms with Crippen molar-refractivity contribution in [2.75, 3.05) is 0 Å². The second-order valence-corrected chi connectivity index (χ2v) is 6.80. The van der Waals surface area contributed by atoms with Gasteiger partial charge in [-0.15, -0.1) is 11.3 Å². The summed E-state index contributed by atoms with van der Waals surface area (Å²) in [6, 6.07) is 15.8. The first-order valence-electron chi connectivity index (χ1n) is 8.01. The number of ether oxygens (including phenoxy) is 2. The number of fused-ring (bicyclic) bond motifs is 1. The van der Waals surface area contributed by atoms with E-state index in [4.69, 9.17) is 9.47 Å². The van der Waals surface area contributed by atoms with Gasteiger partial charge in [0.1, 0.15) is 11.5 Å². The van der Waals surface area contributed by atoms with E-state index in [1.807, 2.05) is 36.6 Å². The molecule has 0 fully saturated rings. The molecule has 1 aliphatic heterocycles. The predicted molar refractivity (Wildman–Crippen MR) is 99.8 cm³/mol. The molecule has 0 amide bonds. The van der Waals surface area contributed by atoms with E-state index < -0.39 is 5.97 Å². The van der Waals surface area contributed by atoms with Crippen LogP contribution in [-0.2, 0) is 0 Å². The van der Waals surface area contributed by atoms with Crippen LogP contribution in [0.1, 0.15) is 31.2 Å². The van der Waals surface area contributed by atoms with Crippen molar-refractivity contribution < 1.29 is 19.1 Å². The normalized spacial score (nSPS) is 14.2. The van der Waals surface area contributed by atoms with E-state index in [0.717, 1.165) is 10.4 Å². The highest BCUT2D eigenvalue weighted by atomic mass is 32.1. The number of esters is 1. The fourth-order valence-electron chi connectivity index (χ4n) is 2.70. The zero-order valence-electron chi connectivity index (χ0n) is 13.9. The molecule has 0 atom stereocenters. The predicted octanol–water partition coefficient (Wildman–Crippen LogP) is 4.89. The van der Waals surface area contributed by atoms with Crippen molar-refractivity contribution in [1.82, 2.24) is 0 Å². The van der Waals surface area contributed by atoms with Crippen molar-refractivity contribution >= 4 is 29.2 Å². The summed E-state index contributed by atoms with van der Waals surface area (Å²) in [5, 5.41) is 1.93. The molecule has 0 saturated carbocycles. The van der Waals surface area contributed by atoms with Crippen molar-refractivity contribution in [2.24, 2.45) is 0 Å². The van der Waals surface area contributed by atoms with Crippen molar-refractivity contribution in [3.63, 3.8) is 0 Å². The van der Waals surface area contributed by atoms with Crippen molar-refractivity contribution in [3.8, 4) is 11.5 Å². The van der Waals surface area contributed by atoms with Gasteiger partial charge in [-0.25, -0.2) is 4.79 Å². The number of ketones is 1. The number of rotatable bonds is 3. The lowest BCUT2D eigenvalue weighted by Gasteiger charge is -2.07. The molecule has 26 heavy (non-hydrogen) atoms. The van der Waals surface area contributed by atoms with Gasteiger partial charge in [0.15, 0.2) is 5.76 Å². The van der Waals surface area contributed by atoms with Crippen LogP contribution in [-0.4, -0.2) is 11.8 Å². The van der Waals surface area contributed by atoms with Gasteiger partial charge in [-0.2, -0.15) is 0 Å². The highest BCUT2D eigenvalue weighted by molar-refractivity contribution is 7.10. The molecular formula is C21H14O4S. The first kappa shape index (κ1) is 16.3. The number of thiophene rings is 1. The molecule has 0 saturated heterocycles. The molecule has 0 N–H and O–H groups in total. The molecule has 0 radical (unpaired) electrons. The van der Waals surface area contributed by atoms with Gasteiger partial charge in [0, 0.05) is 17.0 Å². The molecule has 2 aromatic carbocycles. The lowest BCUT2D eigenvalue weighted by atomic mass is 10.1. The van der Waals surface area contributed by atoms with E-state index in [2.05, 4.69) is 0 Å². The van der Waals surface area contributed by atoms with Crippen LogP contribution in [0.15, 0.2) is 65.7 Å². The molecule has 0 aliphatic carbocycles. The van der Waals surface area contributed by atoms with Gasteiger partial charge in [0.05, 0.1) is 11.1 Å². The molecule has 0 spiro atoms. The van der Waals surface area contributed by atoms with Crippen molar-refractivity contribution in [2.45, 2.75) is 6.92 Å². The summed E-state index contributed by atoms with van der Waals surface area (Å²) in [6.07, 6.45) is 1.71. The molecular weight excluding hydrogens is 348 g/mol. The SMILES string of the molecule is Cc1ccccc1C(=O)Oc1ccc2c(c1)O/C(=C\c1cccs1)C2=O. The fourth-order valence-corrected chi connectivity index (χ4v) is 3.34. The smallest absolute Gasteiger partial charge is 0.343 e. The summed E-state index contributed by atoms with van der Waals surface area (Å²) in [6.45, 7) is 1.85. The molecule has 4 nitrogen and oxygen atoms in total. The van der Waals surface area contributed by atoms with E-state index in [9.17, 15) is 9.59 Å². The first-order chi connectivity index (χ1) is 12.6. The van der Waals surface area contributed by atoms with Crippen LogP contribution in [0, 0.1) is 6.92 Å².